The Balaban J connectivity index is 3.54. The molecule has 0 aromatic heterocycles. The summed E-state index contributed by atoms with van der Waals surface area (Å²) in [5.74, 6) is 0. The first-order valence-electron chi connectivity index (χ1n) is 1.54. The van der Waals surface area contributed by atoms with E-state index < -0.39 is 7.85 Å². The van der Waals surface area contributed by atoms with Crippen LogP contribution in [0.3, 0.4) is 0 Å². The van der Waals surface area contributed by atoms with Crippen LogP contribution in [0.5, 0.6) is 0 Å². The Kier molecular flexibility index (Phi) is 3.09. The number of hydrogen-bond acceptors (Lipinski definition) is 1. The standard InChI is InChI=1S/C2H6Cl3NS/c1-6(2)7(3,4)5/h1-2H3. The highest BCUT2D eigenvalue weighted by Gasteiger charge is 2.14. The van der Waals surface area contributed by atoms with Gasteiger partial charge in [0.05, 0.1) is 7.85 Å². The van der Waals surface area contributed by atoms with Crippen molar-refractivity contribution in [2.45, 2.75) is 0 Å². The van der Waals surface area contributed by atoms with Crippen LogP contribution in [-0.2, 0) is 0 Å². The second kappa shape index (κ2) is 2.65. The van der Waals surface area contributed by atoms with Crippen LogP contribution in [0.2, 0.25) is 0 Å². The molecule has 0 radical (unpaired) electrons. The van der Waals surface area contributed by atoms with Gasteiger partial charge in [-0.05, 0) is 46.1 Å². The second-order valence-corrected chi connectivity index (χ2v) is 8.13. The topological polar surface area (TPSA) is 3.24 Å². The molecule has 0 aromatic rings. The average molecular weight is 183 g/mol. The molecular weight excluding hydrogens is 176 g/mol. The van der Waals surface area contributed by atoms with Gasteiger partial charge in [0.1, 0.15) is 0 Å². The molecule has 0 aliphatic carbocycles. The van der Waals surface area contributed by atoms with Gasteiger partial charge < -0.3 is 0 Å². The average Bonchev–Trinajstić information content (AvgIpc) is 1.31. The number of hydrogen-bond donors (Lipinski definition) is 0. The first-order chi connectivity index (χ1) is 2.94. The highest BCUT2D eigenvalue weighted by atomic mass is 36.2. The molecule has 0 aliphatic heterocycles. The Bertz CT molecular complexity index is 58.4. The zero-order valence-corrected chi connectivity index (χ0v) is 7.07. The molecule has 7 heavy (non-hydrogen) atoms. The molecule has 0 saturated carbocycles. The van der Waals surface area contributed by atoms with Gasteiger partial charge in [-0.25, -0.2) is 4.31 Å². The molecule has 0 amide bonds. The molecule has 0 fully saturated rings. The van der Waals surface area contributed by atoms with Crippen LogP contribution in [0.15, 0.2) is 0 Å². The Morgan fingerprint density at radius 3 is 1.29 bits per heavy atom. The fraction of sp³-hybridized carbons (Fsp3) is 1.00. The summed E-state index contributed by atoms with van der Waals surface area (Å²) < 4.78 is 1.57. The van der Waals surface area contributed by atoms with Crippen molar-refractivity contribution in [3.05, 3.63) is 0 Å². The van der Waals surface area contributed by atoms with Gasteiger partial charge in [-0.2, -0.15) is 0 Å². The molecule has 0 N–H and O–H groups in total. The minimum atomic E-state index is -1.99. The molecule has 0 spiro atoms. The molecule has 0 heterocycles. The summed E-state index contributed by atoms with van der Waals surface area (Å²) in [6.45, 7) is 0. The second-order valence-electron chi connectivity index (χ2n) is 1.19. The Morgan fingerprint density at radius 1 is 1.14 bits per heavy atom. The minimum Gasteiger partial charge on any atom is -0.238 e. The van der Waals surface area contributed by atoms with Gasteiger partial charge in [-0.15, -0.1) is 0 Å². The lowest BCUT2D eigenvalue weighted by molar-refractivity contribution is 0.705. The number of rotatable bonds is 1. The van der Waals surface area contributed by atoms with E-state index >= 15 is 0 Å². The lowest BCUT2D eigenvalue weighted by atomic mass is 11.3. The number of nitrogens with zero attached hydrogens (tertiary/aromatic N) is 1. The largest absolute Gasteiger partial charge is 0.238 e. The lowest BCUT2D eigenvalue weighted by Gasteiger charge is -2.22. The van der Waals surface area contributed by atoms with Gasteiger partial charge >= 0.3 is 0 Å². The predicted molar refractivity (Wildman–Crippen MR) is 38.8 cm³/mol. The summed E-state index contributed by atoms with van der Waals surface area (Å²) in [4.78, 5) is 0. The van der Waals surface area contributed by atoms with E-state index in [4.69, 9.17) is 32.0 Å². The molecule has 0 aromatic carbocycles. The van der Waals surface area contributed by atoms with Crippen LogP contribution in [0.4, 0.5) is 0 Å². The van der Waals surface area contributed by atoms with Crippen molar-refractivity contribution in [3.8, 4) is 0 Å². The zero-order chi connectivity index (χ0) is 6.08. The van der Waals surface area contributed by atoms with Crippen LogP contribution in [0.1, 0.15) is 0 Å². The Hall–Kier alpha value is 1.18. The first-order valence-corrected chi connectivity index (χ1v) is 5.61. The number of halogens is 3. The van der Waals surface area contributed by atoms with Crippen LogP contribution >= 0.6 is 39.9 Å². The van der Waals surface area contributed by atoms with Gasteiger partial charge in [0.2, 0.25) is 0 Å². The first kappa shape index (κ1) is 8.18. The van der Waals surface area contributed by atoms with Crippen molar-refractivity contribution in [1.82, 2.24) is 4.31 Å². The van der Waals surface area contributed by atoms with Crippen molar-refractivity contribution in [1.29, 1.82) is 0 Å². The van der Waals surface area contributed by atoms with Crippen molar-refractivity contribution in [3.63, 3.8) is 0 Å². The molecule has 0 unspecified atom stereocenters. The maximum atomic E-state index is 5.41. The molecule has 0 saturated heterocycles. The molecule has 1 nitrogen and oxygen atoms in total. The van der Waals surface area contributed by atoms with E-state index in [1.54, 1.807) is 18.4 Å². The van der Waals surface area contributed by atoms with E-state index in [0.29, 0.717) is 0 Å². The van der Waals surface area contributed by atoms with Crippen molar-refractivity contribution in [2.24, 2.45) is 0 Å². The monoisotopic (exact) mass is 181 g/mol. The SMILES string of the molecule is CN(C)S(Cl)(Cl)Cl. The molecule has 46 valence electrons. The van der Waals surface area contributed by atoms with Crippen LogP contribution in [0, 0.1) is 0 Å². The summed E-state index contributed by atoms with van der Waals surface area (Å²) in [7, 11) is 17.7. The van der Waals surface area contributed by atoms with E-state index in [2.05, 4.69) is 0 Å². The highest BCUT2D eigenvalue weighted by Crippen LogP contribution is 2.64. The minimum absolute atomic E-state index is 1.57. The predicted octanol–water partition coefficient (Wildman–Crippen LogP) is 2.73. The third kappa shape index (κ3) is 3.74. The van der Waals surface area contributed by atoms with Crippen molar-refractivity contribution in [2.75, 3.05) is 14.1 Å². The van der Waals surface area contributed by atoms with Gasteiger partial charge in [0.15, 0.2) is 0 Å². The van der Waals surface area contributed by atoms with Gasteiger partial charge in [-0.3, -0.25) is 0 Å². The van der Waals surface area contributed by atoms with Gasteiger partial charge in [0.25, 0.3) is 0 Å². The smallest absolute Gasteiger partial charge is 0.0555 e. The summed E-state index contributed by atoms with van der Waals surface area (Å²) in [6, 6.07) is 0. The van der Waals surface area contributed by atoms with E-state index in [0.717, 1.165) is 0 Å². The van der Waals surface area contributed by atoms with Gasteiger partial charge in [-0.1, -0.05) is 0 Å². The highest BCUT2D eigenvalue weighted by molar-refractivity contribution is 8.77. The molecule has 5 heteroatoms. The lowest BCUT2D eigenvalue weighted by Crippen LogP contribution is -2.04. The molecule has 0 bridgehead atoms. The van der Waals surface area contributed by atoms with E-state index in [1.807, 2.05) is 0 Å². The third-order valence-electron chi connectivity index (χ3n) is 0.414. The van der Waals surface area contributed by atoms with Gasteiger partial charge in [0, 0.05) is 0 Å². The van der Waals surface area contributed by atoms with Crippen LogP contribution in [-0.4, -0.2) is 18.4 Å². The maximum absolute atomic E-state index is 5.41. The van der Waals surface area contributed by atoms with Crippen molar-refractivity contribution >= 4 is 39.9 Å². The van der Waals surface area contributed by atoms with Crippen LogP contribution in [0.25, 0.3) is 0 Å². The fourth-order valence-electron chi connectivity index (χ4n) is 0. The summed E-state index contributed by atoms with van der Waals surface area (Å²) in [5.41, 5.74) is 0. The Labute approximate surface area is 58.5 Å². The molecular formula is C2H6Cl3NS. The summed E-state index contributed by atoms with van der Waals surface area (Å²) >= 11 is 0. The van der Waals surface area contributed by atoms with Crippen LogP contribution < -0.4 is 0 Å². The fourth-order valence-corrected chi connectivity index (χ4v) is 0. The quantitative estimate of drug-likeness (QED) is 0.603. The summed E-state index contributed by atoms with van der Waals surface area (Å²) in [5, 5.41) is 0. The zero-order valence-electron chi connectivity index (χ0n) is 3.99. The molecule has 0 atom stereocenters. The third-order valence-corrected chi connectivity index (χ3v) is 3.73. The van der Waals surface area contributed by atoms with E-state index in [9.17, 15) is 0 Å². The Morgan fingerprint density at radius 2 is 1.29 bits per heavy atom. The van der Waals surface area contributed by atoms with E-state index in [1.165, 1.54) is 0 Å². The van der Waals surface area contributed by atoms with E-state index in [-0.39, 0.29) is 0 Å². The molecule has 0 aliphatic rings. The molecule has 0 rings (SSSR count). The maximum Gasteiger partial charge on any atom is 0.0555 e. The van der Waals surface area contributed by atoms with Crippen molar-refractivity contribution < 1.29 is 0 Å². The normalized spacial score (nSPS) is 15.1. The summed E-state index contributed by atoms with van der Waals surface area (Å²) in [6.07, 6.45) is 0.